The Morgan fingerprint density at radius 2 is 1.78 bits per heavy atom. The monoisotopic (exact) mass is 302 g/mol. The van der Waals surface area contributed by atoms with Gasteiger partial charge in [-0.25, -0.2) is 4.79 Å². The van der Waals surface area contributed by atoms with Crippen LogP contribution in [0.2, 0.25) is 10.0 Å². The molecule has 0 fully saturated rings. The van der Waals surface area contributed by atoms with Crippen molar-refractivity contribution in [2.24, 2.45) is 0 Å². The third-order valence-corrected chi connectivity index (χ3v) is 2.22. The molecular formula is C10H7Cl2F3O3. The quantitative estimate of drug-likeness (QED) is 0.631. The summed E-state index contributed by atoms with van der Waals surface area (Å²) >= 11 is 11.4. The number of rotatable bonds is 4. The van der Waals surface area contributed by atoms with E-state index < -0.39 is 25.4 Å². The Morgan fingerprint density at radius 3 is 2.28 bits per heavy atom. The molecular weight excluding hydrogens is 296 g/mol. The first kappa shape index (κ1) is 15.1. The first-order valence-electron chi connectivity index (χ1n) is 4.59. The number of alkyl halides is 3. The number of hydrogen-bond acceptors (Lipinski definition) is 3. The highest BCUT2D eigenvalue weighted by Crippen LogP contribution is 2.32. The summed E-state index contributed by atoms with van der Waals surface area (Å²) in [6.07, 6.45) is -4.50. The lowest BCUT2D eigenvalue weighted by Crippen LogP contribution is -2.22. The topological polar surface area (TPSA) is 35.5 Å². The van der Waals surface area contributed by atoms with Crippen LogP contribution in [0.15, 0.2) is 18.2 Å². The number of hydrogen-bond donors (Lipinski definition) is 0. The van der Waals surface area contributed by atoms with E-state index in [0.717, 1.165) is 0 Å². The molecule has 0 bridgehead atoms. The number of ether oxygens (including phenoxy) is 2. The summed E-state index contributed by atoms with van der Waals surface area (Å²) in [6.45, 7) is -2.38. The van der Waals surface area contributed by atoms with E-state index in [1.165, 1.54) is 18.2 Å². The zero-order valence-corrected chi connectivity index (χ0v) is 10.3. The lowest BCUT2D eigenvalue weighted by molar-refractivity contribution is -0.178. The van der Waals surface area contributed by atoms with Crippen molar-refractivity contribution in [3.05, 3.63) is 28.2 Å². The smallest absolute Gasteiger partial charge is 0.411 e. The molecule has 0 saturated heterocycles. The molecule has 1 aromatic carbocycles. The van der Waals surface area contributed by atoms with Gasteiger partial charge in [-0.15, -0.1) is 0 Å². The number of carbonyl (C=O) groups excluding carboxylic acids is 1. The second kappa shape index (κ2) is 6.26. The predicted molar refractivity (Wildman–Crippen MR) is 59.0 cm³/mol. The molecule has 0 aliphatic carbocycles. The van der Waals surface area contributed by atoms with Crippen LogP contribution >= 0.6 is 23.2 Å². The summed E-state index contributed by atoms with van der Waals surface area (Å²) < 4.78 is 44.0. The minimum atomic E-state index is -4.50. The zero-order chi connectivity index (χ0) is 13.8. The van der Waals surface area contributed by atoms with Crippen LogP contribution < -0.4 is 4.74 Å². The maximum absolute atomic E-state index is 11.7. The number of carbonyl (C=O) groups is 1. The number of halogens is 5. The van der Waals surface area contributed by atoms with E-state index in [0.29, 0.717) is 0 Å². The molecule has 0 amide bonds. The molecule has 0 aliphatic rings. The number of benzene rings is 1. The average molecular weight is 303 g/mol. The van der Waals surface area contributed by atoms with Crippen molar-refractivity contribution in [3.63, 3.8) is 0 Å². The molecule has 0 radical (unpaired) electrons. The van der Waals surface area contributed by atoms with Gasteiger partial charge in [-0.1, -0.05) is 29.3 Å². The molecule has 0 atom stereocenters. The Kier molecular flexibility index (Phi) is 5.25. The van der Waals surface area contributed by atoms with Gasteiger partial charge in [0.1, 0.15) is 13.2 Å². The maximum Gasteiger partial charge on any atom is 0.411 e. The molecule has 0 saturated carbocycles. The maximum atomic E-state index is 11.7. The zero-order valence-electron chi connectivity index (χ0n) is 8.76. The van der Waals surface area contributed by atoms with Gasteiger partial charge in [0.15, 0.2) is 5.75 Å². The summed E-state index contributed by atoms with van der Waals surface area (Å²) in [4.78, 5) is 11.2. The Labute approximate surface area is 110 Å². The molecule has 1 rings (SSSR count). The molecule has 0 N–H and O–H groups in total. The fourth-order valence-electron chi connectivity index (χ4n) is 0.973. The fourth-order valence-corrected chi connectivity index (χ4v) is 1.45. The van der Waals surface area contributed by atoms with Crippen molar-refractivity contribution in [2.45, 2.75) is 6.18 Å². The van der Waals surface area contributed by atoms with Gasteiger partial charge in [-0.05, 0) is 12.1 Å². The van der Waals surface area contributed by atoms with Crippen LogP contribution in [0.4, 0.5) is 13.2 Å². The molecule has 1 aromatic rings. The molecule has 8 heteroatoms. The van der Waals surface area contributed by atoms with Crippen LogP contribution in [0.25, 0.3) is 0 Å². The lowest BCUT2D eigenvalue weighted by atomic mass is 10.3. The van der Waals surface area contributed by atoms with Crippen molar-refractivity contribution in [3.8, 4) is 5.75 Å². The van der Waals surface area contributed by atoms with Gasteiger partial charge < -0.3 is 9.47 Å². The molecule has 3 nitrogen and oxygen atoms in total. The van der Waals surface area contributed by atoms with Crippen molar-refractivity contribution in [1.82, 2.24) is 0 Å². The summed E-state index contributed by atoms with van der Waals surface area (Å²) in [5.41, 5.74) is 0. The number of para-hydroxylation sites is 1. The van der Waals surface area contributed by atoms with Gasteiger partial charge in [0, 0.05) is 0 Å². The second-order valence-corrected chi connectivity index (χ2v) is 3.95. The van der Waals surface area contributed by atoms with Crippen LogP contribution in [-0.4, -0.2) is 25.4 Å². The standard InChI is InChI=1S/C10H7Cl2F3O3/c11-6-2-1-3-7(12)9(6)18-8(16)4-17-5-10(13,14)15/h1-3H,4-5H2. The van der Waals surface area contributed by atoms with E-state index in [9.17, 15) is 18.0 Å². The Balaban J connectivity index is 2.50. The van der Waals surface area contributed by atoms with E-state index in [1.807, 2.05) is 0 Å². The van der Waals surface area contributed by atoms with Crippen LogP contribution in [0.1, 0.15) is 0 Å². The van der Waals surface area contributed by atoms with Gasteiger partial charge >= 0.3 is 12.1 Å². The fraction of sp³-hybridized carbons (Fsp3) is 0.300. The summed E-state index contributed by atoms with van der Waals surface area (Å²) in [5.74, 6) is -1.13. The van der Waals surface area contributed by atoms with E-state index in [2.05, 4.69) is 4.74 Å². The molecule has 0 heterocycles. The Morgan fingerprint density at radius 1 is 1.22 bits per heavy atom. The third kappa shape index (κ3) is 5.12. The van der Waals surface area contributed by atoms with Crippen molar-refractivity contribution in [2.75, 3.05) is 13.2 Å². The van der Waals surface area contributed by atoms with Gasteiger partial charge in [-0.2, -0.15) is 13.2 Å². The highest BCUT2D eigenvalue weighted by atomic mass is 35.5. The number of esters is 1. The first-order valence-corrected chi connectivity index (χ1v) is 5.34. The molecule has 18 heavy (non-hydrogen) atoms. The SMILES string of the molecule is O=C(COCC(F)(F)F)Oc1c(Cl)cccc1Cl. The lowest BCUT2D eigenvalue weighted by Gasteiger charge is -2.09. The third-order valence-electron chi connectivity index (χ3n) is 1.62. The highest BCUT2D eigenvalue weighted by Gasteiger charge is 2.28. The largest absolute Gasteiger partial charge is 0.422 e. The molecule has 100 valence electrons. The molecule has 0 aliphatic heterocycles. The molecule has 0 aromatic heterocycles. The van der Waals surface area contributed by atoms with Gasteiger partial charge in [0.25, 0.3) is 0 Å². The van der Waals surface area contributed by atoms with E-state index in [1.54, 1.807) is 0 Å². The first-order chi connectivity index (χ1) is 8.29. The Bertz CT molecular complexity index is 415. The minimum Gasteiger partial charge on any atom is -0.422 e. The highest BCUT2D eigenvalue weighted by molar-refractivity contribution is 6.37. The Hall–Kier alpha value is -0.980. The predicted octanol–water partition coefficient (Wildman–Crippen LogP) is 3.48. The van der Waals surface area contributed by atoms with Crippen LogP contribution in [0, 0.1) is 0 Å². The van der Waals surface area contributed by atoms with Gasteiger partial charge in [0.05, 0.1) is 10.0 Å². The van der Waals surface area contributed by atoms with Crippen molar-refractivity contribution < 1.29 is 27.4 Å². The van der Waals surface area contributed by atoms with Crippen molar-refractivity contribution >= 4 is 29.2 Å². The van der Waals surface area contributed by atoms with E-state index >= 15 is 0 Å². The van der Waals surface area contributed by atoms with Gasteiger partial charge in [0.2, 0.25) is 0 Å². The summed E-state index contributed by atoms with van der Waals surface area (Å²) in [6, 6.07) is 4.38. The van der Waals surface area contributed by atoms with E-state index in [4.69, 9.17) is 27.9 Å². The van der Waals surface area contributed by atoms with Crippen LogP contribution in [-0.2, 0) is 9.53 Å². The second-order valence-electron chi connectivity index (χ2n) is 3.13. The minimum absolute atomic E-state index is 0.0756. The van der Waals surface area contributed by atoms with Crippen LogP contribution in [0.5, 0.6) is 5.75 Å². The van der Waals surface area contributed by atoms with Gasteiger partial charge in [-0.3, -0.25) is 0 Å². The van der Waals surface area contributed by atoms with Crippen LogP contribution in [0.3, 0.4) is 0 Å². The normalized spacial score (nSPS) is 11.4. The summed E-state index contributed by atoms with van der Waals surface area (Å²) in [7, 11) is 0. The molecule has 0 unspecified atom stereocenters. The van der Waals surface area contributed by atoms with E-state index in [-0.39, 0.29) is 15.8 Å². The summed E-state index contributed by atoms with van der Waals surface area (Å²) in [5, 5.41) is 0.151. The van der Waals surface area contributed by atoms with Crippen molar-refractivity contribution in [1.29, 1.82) is 0 Å². The molecule has 0 spiro atoms. The average Bonchev–Trinajstić information content (AvgIpc) is 2.22.